The molecule has 2 aromatic rings. The van der Waals surface area contributed by atoms with Gasteiger partial charge in [0.2, 0.25) is 0 Å². The zero-order chi connectivity index (χ0) is 16.7. The van der Waals surface area contributed by atoms with Gasteiger partial charge in [0.1, 0.15) is 5.75 Å². The summed E-state index contributed by atoms with van der Waals surface area (Å²) in [5.41, 5.74) is 3.86. The van der Waals surface area contributed by atoms with E-state index in [1.807, 2.05) is 12.1 Å². The van der Waals surface area contributed by atoms with Crippen LogP contribution in [0.1, 0.15) is 36.6 Å². The van der Waals surface area contributed by atoms with E-state index >= 15 is 0 Å². The third kappa shape index (κ3) is 2.47. The quantitative estimate of drug-likeness (QED) is 0.880. The van der Waals surface area contributed by atoms with Crippen molar-refractivity contribution in [2.75, 3.05) is 27.3 Å². The Hall–Kier alpha value is -2.01. The maximum absolute atomic E-state index is 11.6. The number of piperidine rings is 1. The molecule has 1 aromatic heterocycles. The van der Waals surface area contributed by atoms with Gasteiger partial charge in [-0.05, 0) is 49.4 Å². The van der Waals surface area contributed by atoms with E-state index in [4.69, 9.17) is 9.47 Å². The maximum Gasteiger partial charge on any atom is 0.305 e. The number of benzene rings is 1. The molecule has 0 spiro atoms. The normalized spacial score (nSPS) is 23.6. The van der Waals surface area contributed by atoms with Crippen molar-refractivity contribution in [1.29, 1.82) is 0 Å². The van der Waals surface area contributed by atoms with Crippen LogP contribution >= 0.6 is 0 Å². The van der Waals surface area contributed by atoms with Crippen molar-refractivity contribution in [3.8, 4) is 5.75 Å². The number of methoxy groups -OCH3 is 2. The molecule has 0 saturated carbocycles. The third-order valence-corrected chi connectivity index (χ3v) is 5.63. The molecule has 0 aliphatic carbocycles. The summed E-state index contributed by atoms with van der Waals surface area (Å²) in [5.74, 6) is 1.25. The van der Waals surface area contributed by atoms with Gasteiger partial charge < -0.3 is 14.5 Å². The Kier molecular flexibility index (Phi) is 3.96. The fourth-order valence-electron chi connectivity index (χ4n) is 4.43. The lowest BCUT2D eigenvalue weighted by Crippen LogP contribution is -2.41. The summed E-state index contributed by atoms with van der Waals surface area (Å²) in [6, 6.07) is 6.55. The van der Waals surface area contributed by atoms with Crippen molar-refractivity contribution in [3.05, 3.63) is 29.5 Å². The molecule has 1 N–H and O–H groups in total. The molecule has 0 amide bonds. The monoisotopic (exact) mass is 328 g/mol. The highest BCUT2D eigenvalue weighted by molar-refractivity contribution is 5.91. The number of carbonyl (C=O) groups is 1. The van der Waals surface area contributed by atoms with E-state index in [1.165, 1.54) is 23.8 Å². The lowest BCUT2D eigenvalue weighted by Gasteiger charge is -2.42. The predicted octanol–water partition coefficient (Wildman–Crippen LogP) is 3.05. The second-order valence-corrected chi connectivity index (χ2v) is 6.87. The molecule has 0 bridgehead atoms. The first-order chi connectivity index (χ1) is 11.7. The molecule has 4 rings (SSSR count). The topological polar surface area (TPSA) is 54.6 Å². The number of fused-ring (bicyclic) bond motifs is 5. The molecule has 2 aliphatic rings. The molecule has 5 nitrogen and oxygen atoms in total. The number of aromatic amines is 1. The van der Waals surface area contributed by atoms with Gasteiger partial charge in [-0.25, -0.2) is 0 Å². The summed E-state index contributed by atoms with van der Waals surface area (Å²) >= 11 is 0. The van der Waals surface area contributed by atoms with Crippen LogP contribution in [0.2, 0.25) is 0 Å². The molecule has 128 valence electrons. The number of hydrogen-bond acceptors (Lipinski definition) is 4. The van der Waals surface area contributed by atoms with Crippen molar-refractivity contribution in [1.82, 2.24) is 9.88 Å². The van der Waals surface area contributed by atoms with E-state index in [2.05, 4.69) is 16.0 Å². The average molecular weight is 328 g/mol. The van der Waals surface area contributed by atoms with Crippen LogP contribution < -0.4 is 4.74 Å². The first kappa shape index (κ1) is 15.5. The zero-order valence-corrected chi connectivity index (χ0v) is 14.3. The van der Waals surface area contributed by atoms with Gasteiger partial charge in [0.05, 0.1) is 20.3 Å². The van der Waals surface area contributed by atoms with Gasteiger partial charge in [0.15, 0.2) is 0 Å². The predicted molar refractivity (Wildman–Crippen MR) is 92.2 cm³/mol. The highest BCUT2D eigenvalue weighted by atomic mass is 16.5. The SMILES string of the molecule is COC(=O)C[C@H]1CCN2CCc3c([nH]c4cccc(OC)c34)[C@@H]2C1. The number of aromatic nitrogens is 1. The standard InChI is InChI=1S/C19H24N2O3/c1-23-16-5-3-4-14-18(16)13-7-9-21-8-6-12(11-17(22)24-2)10-15(21)19(13)20-14/h3-5,12,15,20H,6-11H2,1-2H3/t12-,15-/m0/s1. The Morgan fingerprint density at radius 1 is 1.33 bits per heavy atom. The fraction of sp³-hybridized carbons (Fsp3) is 0.526. The zero-order valence-electron chi connectivity index (χ0n) is 14.3. The van der Waals surface area contributed by atoms with Gasteiger partial charge in [0, 0.05) is 29.6 Å². The molecule has 1 saturated heterocycles. The minimum absolute atomic E-state index is 0.0946. The van der Waals surface area contributed by atoms with Crippen molar-refractivity contribution in [2.24, 2.45) is 5.92 Å². The van der Waals surface area contributed by atoms with Crippen molar-refractivity contribution in [2.45, 2.75) is 31.7 Å². The molecular weight excluding hydrogens is 304 g/mol. The van der Waals surface area contributed by atoms with Crippen LogP contribution in [0.4, 0.5) is 0 Å². The lowest BCUT2D eigenvalue weighted by atomic mass is 9.83. The molecule has 1 fully saturated rings. The van der Waals surface area contributed by atoms with Crippen LogP contribution in [0.5, 0.6) is 5.75 Å². The van der Waals surface area contributed by atoms with Gasteiger partial charge >= 0.3 is 5.97 Å². The number of nitrogens with zero attached hydrogens (tertiary/aromatic N) is 1. The Labute approximate surface area is 141 Å². The second kappa shape index (κ2) is 6.13. The van der Waals surface area contributed by atoms with Gasteiger partial charge in [0.25, 0.3) is 0 Å². The number of nitrogens with one attached hydrogen (secondary N) is 1. The van der Waals surface area contributed by atoms with Crippen LogP contribution in [0.15, 0.2) is 18.2 Å². The number of esters is 1. The molecular formula is C19H24N2O3. The van der Waals surface area contributed by atoms with Gasteiger partial charge in [-0.3, -0.25) is 9.69 Å². The molecule has 2 atom stereocenters. The van der Waals surface area contributed by atoms with Crippen molar-refractivity contribution >= 4 is 16.9 Å². The summed E-state index contributed by atoms with van der Waals surface area (Å²) in [6.07, 6.45) is 3.66. The number of carbonyl (C=O) groups excluding carboxylic acids is 1. The first-order valence-electron chi connectivity index (χ1n) is 8.69. The molecule has 3 heterocycles. The summed E-state index contributed by atoms with van der Waals surface area (Å²) in [6.45, 7) is 2.13. The number of rotatable bonds is 3. The average Bonchev–Trinajstić information content (AvgIpc) is 3.00. The minimum atomic E-state index is -0.0946. The lowest BCUT2D eigenvalue weighted by molar-refractivity contribution is -0.142. The summed E-state index contributed by atoms with van der Waals surface area (Å²) in [5, 5.41) is 1.23. The summed E-state index contributed by atoms with van der Waals surface area (Å²) < 4.78 is 10.4. The Bertz CT molecular complexity index is 767. The van der Waals surface area contributed by atoms with Gasteiger partial charge in [-0.15, -0.1) is 0 Å². The van der Waals surface area contributed by atoms with Crippen molar-refractivity contribution in [3.63, 3.8) is 0 Å². The maximum atomic E-state index is 11.6. The Morgan fingerprint density at radius 3 is 3.00 bits per heavy atom. The van der Waals surface area contributed by atoms with Gasteiger partial charge in [-0.2, -0.15) is 0 Å². The highest BCUT2D eigenvalue weighted by Crippen LogP contribution is 2.43. The smallest absolute Gasteiger partial charge is 0.305 e. The fourth-order valence-corrected chi connectivity index (χ4v) is 4.43. The van der Waals surface area contributed by atoms with Crippen molar-refractivity contribution < 1.29 is 14.3 Å². The van der Waals surface area contributed by atoms with Gasteiger partial charge in [-0.1, -0.05) is 6.07 Å². The van der Waals surface area contributed by atoms with Crippen LogP contribution in [0, 0.1) is 5.92 Å². The van der Waals surface area contributed by atoms with E-state index in [-0.39, 0.29) is 5.97 Å². The summed E-state index contributed by atoms with van der Waals surface area (Å²) in [4.78, 5) is 17.8. The summed E-state index contributed by atoms with van der Waals surface area (Å²) in [7, 11) is 3.20. The Morgan fingerprint density at radius 2 is 2.21 bits per heavy atom. The molecule has 0 unspecified atom stereocenters. The third-order valence-electron chi connectivity index (χ3n) is 5.63. The number of hydrogen-bond donors (Lipinski definition) is 1. The van der Waals surface area contributed by atoms with E-state index in [0.29, 0.717) is 18.4 Å². The number of ether oxygens (including phenoxy) is 2. The van der Waals surface area contributed by atoms with Crippen LogP contribution in [-0.2, 0) is 16.0 Å². The minimum Gasteiger partial charge on any atom is -0.496 e. The number of H-pyrrole nitrogens is 1. The van der Waals surface area contributed by atoms with E-state index in [9.17, 15) is 4.79 Å². The molecule has 1 aromatic carbocycles. The second-order valence-electron chi connectivity index (χ2n) is 6.87. The van der Waals surface area contributed by atoms with E-state index in [1.54, 1.807) is 7.11 Å². The van der Waals surface area contributed by atoms with Crippen LogP contribution in [0.25, 0.3) is 10.9 Å². The molecule has 0 radical (unpaired) electrons. The Balaban J connectivity index is 1.69. The largest absolute Gasteiger partial charge is 0.496 e. The first-order valence-corrected chi connectivity index (χ1v) is 8.69. The molecule has 5 heteroatoms. The highest BCUT2D eigenvalue weighted by Gasteiger charge is 2.36. The van der Waals surface area contributed by atoms with Crippen LogP contribution in [-0.4, -0.2) is 43.2 Å². The van der Waals surface area contributed by atoms with Crippen LogP contribution in [0.3, 0.4) is 0 Å². The molecule has 24 heavy (non-hydrogen) atoms. The van der Waals surface area contributed by atoms with E-state index in [0.717, 1.165) is 43.6 Å². The van der Waals surface area contributed by atoms with E-state index < -0.39 is 0 Å². The molecule has 2 aliphatic heterocycles.